The van der Waals surface area contributed by atoms with Crippen LogP contribution in [0.15, 0.2) is 27.8 Å². The monoisotopic (exact) mass is 275 g/mol. The van der Waals surface area contributed by atoms with Crippen molar-refractivity contribution in [2.45, 2.75) is 17.9 Å². The average Bonchev–Trinajstić information content (AvgIpc) is 2.92. The van der Waals surface area contributed by atoms with Gasteiger partial charge in [-0.05, 0) is 25.1 Å². The highest BCUT2D eigenvalue weighted by Gasteiger charge is 2.10. The van der Waals surface area contributed by atoms with Crippen LogP contribution in [0.3, 0.4) is 0 Å². The maximum atomic E-state index is 5.71. The van der Waals surface area contributed by atoms with Crippen LogP contribution in [0.1, 0.15) is 11.6 Å². The Morgan fingerprint density at radius 3 is 2.95 bits per heavy atom. The quantitative estimate of drug-likeness (QED) is 0.582. The molecule has 0 aliphatic rings. The second-order valence-electron chi connectivity index (χ2n) is 4.22. The van der Waals surface area contributed by atoms with Crippen molar-refractivity contribution in [3.8, 4) is 0 Å². The van der Waals surface area contributed by atoms with Crippen molar-refractivity contribution in [1.29, 1.82) is 0 Å². The van der Waals surface area contributed by atoms with Crippen LogP contribution in [0.25, 0.3) is 11.1 Å². The lowest BCUT2D eigenvalue weighted by Crippen LogP contribution is -1.97. The first-order valence-corrected chi connectivity index (χ1v) is 6.76. The van der Waals surface area contributed by atoms with Gasteiger partial charge in [0.1, 0.15) is 17.2 Å². The molecule has 98 valence electrons. The van der Waals surface area contributed by atoms with E-state index >= 15 is 0 Å². The minimum absolute atomic E-state index is 0.612. The van der Waals surface area contributed by atoms with Gasteiger partial charge in [-0.25, -0.2) is 4.98 Å². The molecule has 0 fully saturated rings. The Labute approximate surface area is 114 Å². The van der Waals surface area contributed by atoms with Crippen molar-refractivity contribution in [2.75, 3.05) is 5.73 Å². The topological polar surface area (TPSA) is 82.8 Å². The average molecular weight is 275 g/mol. The minimum Gasteiger partial charge on any atom is -0.431 e. The Bertz CT molecular complexity index is 733. The number of nitrogens with two attached hydrogens (primary N) is 1. The third-order valence-electron chi connectivity index (χ3n) is 2.90. The highest BCUT2D eigenvalue weighted by atomic mass is 32.2. The Kier molecular flexibility index (Phi) is 2.90. The smallest absolute Gasteiger partial charge is 0.257 e. The molecule has 0 radical (unpaired) electrons. The van der Waals surface area contributed by atoms with Gasteiger partial charge >= 0.3 is 0 Å². The van der Waals surface area contributed by atoms with Gasteiger partial charge in [0, 0.05) is 12.7 Å². The molecule has 3 rings (SSSR count). The molecule has 0 amide bonds. The van der Waals surface area contributed by atoms with Gasteiger partial charge in [0.15, 0.2) is 5.58 Å². The van der Waals surface area contributed by atoms with Gasteiger partial charge in [-0.3, -0.25) is 0 Å². The molecule has 0 spiro atoms. The largest absolute Gasteiger partial charge is 0.431 e. The maximum absolute atomic E-state index is 5.71. The molecule has 3 aromatic rings. The summed E-state index contributed by atoms with van der Waals surface area (Å²) in [5.74, 6) is 2.45. The number of nitrogen functional groups attached to an aromatic ring is 1. The van der Waals surface area contributed by atoms with Crippen LogP contribution >= 0.6 is 11.8 Å². The van der Waals surface area contributed by atoms with E-state index < -0.39 is 0 Å². The minimum atomic E-state index is 0.612. The first kappa shape index (κ1) is 12.0. The summed E-state index contributed by atoms with van der Waals surface area (Å²) < 4.78 is 7.58. The van der Waals surface area contributed by atoms with Gasteiger partial charge in [-0.15, -0.1) is 10.2 Å². The fraction of sp³-hybridized carbons (Fsp3) is 0.250. The number of thioether (sulfide) groups is 1. The predicted octanol–water partition coefficient (Wildman–Crippen LogP) is 2.14. The van der Waals surface area contributed by atoms with Gasteiger partial charge in [0.2, 0.25) is 0 Å². The van der Waals surface area contributed by atoms with Crippen molar-refractivity contribution >= 4 is 28.5 Å². The molecule has 0 aliphatic carbocycles. The van der Waals surface area contributed by atoms with E-state index in [1.165, 1.54) is 11.8 Å². The Morgan fingerprint density at radius 2 is 2.21 bits per heavy atom. The molecule has 2 aromatic heterocycles. The van der Waals surface area contributed by atoms with Crippen LogP contribution in [-0.2, 0) is 12.8 Å². The maximum Gasteiger partial charge on any atom is 0.257 e. The van der Waals surface area contributed by atoms with Crippen LogP contribution in [0.2, 0.25) is 0 Å². The summed E-state index contributed by atoms with van der Waals surface area (Å²) in [5.41, 5.74) is 7.91. The molecule has 0 atom stereocenters. The fourth-order valence-corrected chi connectivity index (χ4v) is 2.50. The van der Waals surface area contributed by atoms with Crippen molar-refractivity contribution in [1.82, 2.24) is 19.7 Å². The lowest BCUT2D eigenvalue weighted by atomic mass is 10.3. The molecule has 0 saturated carbocycles. The lowest BCUT2D eigenvalue weighted by Gasteiger charge is -1.98. The molecule has 19 heavy (non-hydrogen) atoms. The Hall–Kier alpha value is -2.02. The molecule has 2 N–H and O–H groups in total. The number of hydrogen-bond donors (Lipinski definition) is 1. The molecule has 0 saturated heterocycles. The normalized spacial score (nSPS) is 11.3. The summed E-state index contributed by atoms with van der Waals surface area (Å²) in [5, 5.41) is 8.73. The first-order valence-electron chi connectivity index (χ1n) is 5.77. The van der Waals surface area contributed by atoms with Crippen LogP contribution < -0.4 is 5.73 Å². The molecule has 7 heteroatoms. The zero-order chi connectivity index (χ0) is 13.4. The van der Waals surface area contributed by atoms with E-state index in [2.05, 4.69) is 15.2 Å². The van der Waals surface area contributed by atoms with Crippen molar-refractivity contribution in [3.05, 3.63) is 29.8 Å². The molecule has 6 nitrogen and oxygen atoms in total. The summed E-state index contributed by atoms with van der Waals surface area (Å²) in [6.45, 7) is 1.92. The summed E-state index contributed by atoms with van der Waals surface area (Å²) >= 11 is 1.49. The molecule has 0 unspecified atom stereocenters. The summed E-state index contributed by atoms with van der Waals surface area (Å²) in [7, 11) is 1.94. The van der Waals surface area contributed by atoms with Gasteiger partial charge < -0.3 is 14.7 Å². The molecule has 2 heterocycles. The van der Waals surface area contributed by atoms with Crippen molar-refractivity contribution in [2.24, 2.45) is 7.05 Å². The van der Waals surface area contributed by atoms with Gasteiger partial charge in [0.05, 0.1) is 5.75 Å². The first-order chi connectivity index (χ1) is 9.13. The second-order valence-corrected chi connectivity index (χ2v) is 5.14. The van der Waals surface area contributed by atoms with E-state index in [-0.39, 0.29) is 0 Å². The van der Waals surface area contributed by atoms with Crippen molar-refractivity contribution in [3.63, 3.8) is 0 Å². The van der Waals surface area contributed by atoms with Crippen LogP contribution in [0, 0.1) is 6.92 Å². The second kappa shape index (κ2) is 4.58. The SMILES string of the molecule is Cc1nnc(CSc2nc3cc(N)ccc3o2)n1C. The zero-order valence-corrected chi connectivity index (χ0v) is 11.4. The number of nitrogens with zero attached hydrogens (tertiary/aromatic N) is 4. The zero-order valence-electron chi connectivity index (χ0n) is 10.6. The van der Waals surface area contributed by atoms with E-state index in [1.54, 1.807) is 12.1 Å². The number of hydrogen-bond acceptors (Lipinski definition) is 6. The van der Waals surface area contributed by atoms with Crippen LogP contribution in [0.5, 0.6) is 0 Å². The van der Waals surface area contributed by atoms with E-state index in [9.17, 15) is 0 Å². The molecular weight excluding hydrogens is 262 g/mol. The number of aryl methyl sites for hydroxylation is 1. The highest BCUT2D eigenvalue weighted by molar-refractivity contribution is 7.98. The number of oxazole rings is 1. The fourth-order valence-electron chi connectivity index (χ4n) is 1.69. The van der Waals surface area contributed by atoms with E-state index in [1.807, 2.05) is 24.6 Å². The number of aromatic nitrogens is 4. The van der Waals surface area contributed by atoms with E-state index in [0.29, 0.717) is 16.7 Å². The summed E-state index contributed by atoms with van der Waals surface area (Å²) in [6, 6.07) is 5.43. The van der Waals surface area contributed by atoms with Crippen molar-refractivity contribution < 1.29 is 4.42 Å². The van der Waals surface area contributed by atoms with Crippen LogP contribution in [0.4, 0.5) is 5.69 Å². The number of rotatable bonds is 3. The number of benzene rings is 1. The Balaban J connectivity index is 1.80. The third-order valence-corrected chi connectivity index (χ3v) is 3.72. The molecule has 0 bridgehead atoms. The third kappa shape index (κ3) is 2.28. The van der Waals surface area contributed by atoms with Crippen LogP contribution in [-0.4, -0.2) is 19.7 Å². The number of fused-ring (bicyclic) bond motifs is 1. The Morgan fingerprint density at radius 1 is 1.37 bits per heavy atom. The van der Waals surface area contributed by atoms with E-state index in [0.717, 1.165) is 22.7 Å². The standard InChI is InChI=1S/C12H13N5OS/c1-7-15-16-11(17(7)2)6-19-12-14-9-5-8(13)3-4-10(9)18-12/h3-5H,6,13H2,1-2H3. The number of anilines is 1. The van der Waals surface area contributed by atoms with Gasteiger partial charge in [0.25, 0.3) is 5.22 Å². The van der Waals surface area contributed by atoms with Gasteiger partial charge in [-0.1, -0.05) is 11.8 Å². The predicted molar refractivity (Wildman–Crippen MR) is 73.7 cm³/mol. The highest BCUT2D eigenvalue weighted by Crippen LogP contribution is 2.26. The molecular formula is C12H13N5OS. The lowest BCUT2D eigenvalue weighted by molar-refractivity contribution is 0.489. The summed E-state index contributed by atoms with van der Waals surface area (Å²) in [4.78, 5) is 4.38. The van der Waals surface area contributed by atoms with Gasteiger partial charge in [-0.2, -0.15) is 0 Å². The molecule has 0 aliphatic heterocycles. The van der Waals surface area contributed by atoms with E-state index in [4.69, 9.17) is 10.2 Å². The summed E-state index contributed by atoms with van der Waals surface area (Å²) in [6.07, 6.45) is 0. The molecule has 1 aromatic carbocycles.